The maximum Gasteiger partial charge on any atom is 0.272 e. The van der Waals surface area contributed by atoms with Gasteiger partial charge in [0.15, 0.2) is 12.0 Å². The predicted molar refractivity (Wildman–Crippen MR) is 110 cm³/mol. The van der Waals surface area contributed by atoms with Crippen LogP contribution in [0, 0.1) is 10.1 Å². The minimum atomic E-state index is -2.74. The van der Waals surface area contributed by atoms with Crippen LogP contribution in [0.3, 0.4) is 0 Å². The van der Waals surface area contributed by atoms with Crippen LogP contribution in [-0.4, -0.2) is 4.92 Å². The van der Waals surface area contributed by atoms with E-state index in [1.54, 1.807) is 0 Å². The summed E-state index contributed by atoms with van der Waals surface area (Å²) < 4.78 is 6.21. The molecule has 0 bridgehead atoms. The molecule has 0 atom stereocenters. The fourth-order valence-corrected chi connectivity index (χ4v) is 6.08. The molecule has 3 aromatic rings. The van der Waals surface area contributed by atoms with Crippen molar-refractivity contribution < 1.29 is 9.45 Å². The number of nitro groups is 1. The Morgan fingerprint density at radius 1 is 0.885 bits per heavy atom. The van der Waals surface area contributed by atoms with Crippen molar-refractivity contribution in [2.24, 2.45) is 0 Å². The molecule has 0 N–H and O–H groups in total. The normalized spacial score (nSPS) is 11.2. The molecule has 0 saturated carbocycles. The minimum Gasteiger partial charge on any atom is -0.455 e. The first-order valence-electron chi connectivity index (χ1n) is 7.46. The zero-order valence-corrected chi connectivity index (χ0v) is 16.4. The van der Waals surface area contributed by atoms with Crippen LogP contribution >= 0.6 is 29.5 Å². The monoisotopic (exact) mass is 423 g/mol. The highest BCUT2D eigenvalue weighted by Gasteiger charge is 2.28. The molecule has 0 radical (unpaired) electrons. The Kier molecular flexibility index (Phi) is 5.64. The molecule has 0 aliphatic rings. The molecular formula is C18H12Cl2NO3PS. The van der Waals surface area contributed by atoms with E-state index in [9.17, 15) is 10.1 Å². The highest BCUT2D eigenvalue weighted by Crippen LogP contribution is 2.50. The smallest absolute Gasteiger partial charge is 0.272 e. The molecule has 4 nitrogen and oxygen atoms in total. The fourth-order valence-electron chi connectivity index (χ4n) is 2.37. The third kappa shape index (κ3) is 3.76. The summed E-state index contributed by atoms with van der Waals surface area (Å²) >= 11 is 18.4. The highest BCUT2D eigenvalue weighted by molar-refractivity contribution is 8.19. The van der Waals surface area contributed by atoms with E-state index in [0.717, 1.165) is 10.6 Å². The second-order valence-electron chi connectivity index (χ2n) is 5.31. The summed E-state index contributed by atoms with van der Waals surface area (Å²) in [5.41, 5.74) is -0.208. The molecule has 0 amide bonds. The molecule has 0 fully saturated rings. The summed E-state index contributed by atoms with van der Waals surface area (Å²) in [4.78, 5) is 10.4. The molecule has 0 heterocycles. The van der Waals surface area contributed by atoms with Crippen molar-refractivity contribution in [3.05, 3.63) is 93.0 Å². The molecule has 0 aliphatic heterocycles. The van der Waals surface area contributed by atoms with E-state index in [0.29, 0.717) is 0 Å². The third-order valence-corrected chi connectivity index (χ3v) is 8.05. The number of non-ortho nitro benzene ring substituents is 1. The average Bonchev–Trinajstić information content (AvgIpc) is 2.65. The second kappa shape index (κ2) is 7.77. The SMILES string of the molecule is O=[N+]([O-])c1cc(Cl)c(OP(=S)(c2ccccc2)c2ccccc2)c(Cl)c1. The van der Waals surface area contributed by atoms with Gasteiger partial charge in [0.05, 0.1) is 15.0 Å². The quantitative estimate of drug-likeness (QED) is 0.316. The maximum absolute atomic E-state index is 11.0. The van der Waals surface area contributed by atoms with E-state index in [2.05, 4.69) is 0 Å². The lowest BCUT2D eigenvalue weighted by Crippen LogP contribution is -2.20. The van der Waals surface area contributed by atoms with Gasteiger partial charge in [-0.15, -0.1) is 0 Å². The summed E-state index contributed by atoms with van der Waals surface area (Å²) in [7, 11) is 0. The number of rotatable bonds is 5. The molecule has 0 unspecified atom stereocenters. The molecule has 0 aliphatic carbocycles. The molecule has 3 aromatic carbocycles. The van der Waals surface area contributed by atoms with Crippen LogP contribution in [0.4, 0.5) is 5.69 Å². The van der Waals surface area contributed by atoms with Crippen LogP contribution in [0.2, 0.25) is 10.0 Å². The second-order valence-corrected chi connectivity index (χ2v) is 9.98. The zero-order valence-electron chi connectivity index (χ0n) is 13.2. The standard InChI is InChI=1S/C18H12Cl2NO3PS/c19-16-11-13(21(22)23)12-17(20)18(16)24-25(26,14-7-3-1-4-8-14)15-9-5-2-6-10-15/h1-12H. The van der Waals surface area contributed by atoms with Crippen LogP contribution in [0.1, 0.15) is 0 Å². The number of nitro benzene ring substituents is 1. The summed E-state index contributed by atoms with van der Waals surface area (Å²) in [5, 5.41) is 12.7. The van der Waals surface area contributed by atoms with E-state index >= 15 is 0 Å². The average molecular weight is 424 g/mol. The fraction of sp³-hybridized carbons (Fsp3) is 0. The number of halogens is 2. The number of hydrogen-bond donors (Lipinski definition) is 0. The molecule has 0 saturated heterocycles. The maximum atomic E-state index is 11.0. The van der Waals surface area contributed by atoms with Crippen molar-refractivity contribution in [3.63, 3.8) is 0 Å². The lowest BCUT2D eigenvalue weighted by molar-refractivity contribution is -0.384. The Morgan fingerprint density at radius 3 is 1.69 bits per heavy atom. The lowest BCUT2D eigenvalue weighted by Gasteiger charge is -2.25. The van der Waals surface area contributed by atoms with Gasteiger partial charge in [-0.05, 0) is 11.8 Å². The van der Waals surface area contributed by atoms with Gasteiger partial charge in [-0.2, -0.15) is 0 Å². The van der Waals surface area contributed by atoms with Gasteiger partial charge in [0.2, 0.25) is 0 Å². The van der Waals surface area contributed by atoms with Gasteiger partial charge in [0, 0.05) is 22.7 Å². The van der Waals surface area contributed by atoms with Crippen molar-refractivity contribution >= 4 is 57.6 Å². The summed E-state index contributed by atoms with van der Waals surface area (Å²) in [5.74, 6) is 0.148. The number of benzene rings is 3. The van der Waals surface area contributed by atoms with Crippen molar-refractivity contribution in [1.82, 2.24) is 0 Å². The van der Waals surface area contributed by atoms with Crippen molar-refractivity contribution in [2.75, 3.05) is 0 Å². The van der Waals surface area contributed by atoms with E-state index < -0.39 is 11.2 Å². The topological polar surface area (TPSA) is 52.4 Å². The molecule has 8 heteroatoms. The Hall–Kier alpha value is -1.91. The van der Waals surface area contributed by atoms with Gasteiger partial charge in [-0.25, -0.2) is 0 Å². The van der Waals surface area contributed by atoms with Crippen LogP contribution in [0.5, 0.6) is 5.75 Å². The summed E-state index contributed by atoms with van der Waals surface area (Å²) in [6.45, 7) is 0. The predicted octanol–water partition coefficient (Wildman–Crippen LogP) is 5.33. The van der Waals surface area contributed by atoms with Gasteiger partial charge >= 0.3 is 0 Å². The van der Waals surface area contributed by atoms with E-state index in [1.165, 1.54) is 12.1 Å². The largest absolute Gasteiger partial charge is 0.455 e. The molecule has 26 heavy (non-hydrogen) atoms. The van der Waals surface area contributed by atoms with Crippen molar-refractivity contribution in [2.45, 2.75) is 0 Å². The summed E-state index contributed by atoms with van der Waals surface area (Å²) in [6, 6.07) is 21.3. The number of nitrogens with zero attached hydrogens (tertiary/aromatic N) is 1. The van der Waals surface area contributed by atoms with Gasteiger partial charge in [0.25, 0.3) is 5.69 Å². The van der Waals surface area contributed by atoms with Crippen LogP contribution < -0.4 is 15.1 Å². The van der Waals surface area contributed by atoms with Crippen molar-refractivity contribution in [3.8, 4) is 5.75 Å². The lowest BCUT2D eigenvalue weighted by atomic mass is 10.3. The Labute approximate surface area is 165 Å². The van der Waals surface area contributed by atoms with Crippen LogP contribution in [0.15, 0.2) is 72.8 Å². The van der Waals surface area contributed by atoms with E-state index in [4.69, 9.17) is 39.5 Å². The highest BCUT2D eigenvalue weighted by atomic mass is 35.5. The summed E-state index contributed by atoms with van der Waals surface area (Å²) in [6.07, 6.45) is -2.74. The molecule has 0 spiro atoms. The zero-order chi connectivity index (χ0) is 18.7. The molecule has 132 valence electrons. The van der Waals surface area contributed by atoms with Gasteiger partial charge < -0.3 is 4.52 Å². The Balaban J connectivity index is 2.14. The first-order valence-corrected chi connectivity index (χ1v) is 10.9. The van der Waals surface area contributed by atoms with Gasteiger partial charge in [0.1, 0.15) is 0 Å². The third-order valence-electron chi connectivity index (χ3n) is 3.61. The van der Waals surface area contributed by atoms with Crippen molar-refractivity contribution in [1.29, 1.82) is 0 Å². The molecular weight excluding hydrogens is 412 g/mol. The van der Waals surface area contributed by atoms with E-state index in [-0.39, 0.29) is 21.5 Å². The van der Waals surface area contributed by atoms with Gasteiger partial charge in [-0.3, -0.25) is 10.1 Å². The van der Waals surface area contributed by atoms with Crippen LogP contribution in [0.25, 0.3) is 0 Å². The van der Waals surface area contributed by atoms with Crippen LogP contribution in [-0.2, 0) is 11.8 Å². The Morgan fingerprint density at radius 2 is 1.31 bits per heavy atom. The Bertz CT molecular complexity index is 933. The number of hydrogen-bond acceptors (Lipinski definition) is 4. The minimum absolute atomic E-state index is 0.0466. The first-order chi connectivity index (χ1) is 12.4. The van der Waals surface area contributed by atoms with E-state index in [1.807, 2.05) is 60.7 Å². The molecule has 0 aromatic heterocycles. The first kappa shape index (κ1) is 18.9. The molecule has 3 rings (SSSR count). The van der Waals surface area contributed by atoms with Gasteiger partial charge in [-0.1, -0.05) is 83.9 Å².